The Morgan fingerprint density at radius 2 is 1.86 bits per heavy atom. The molecule has 14 heavy (non-hydrogen) atoms. The van der Waals surface area contributed by atoms with E-state index in [9.17, 15) is 0 Å². The molecule has 0 saturated carbocycles. The van der Waals surface area contributed by atoms with Crippen molar-refractivity contribution in [2.24, 2.45) is 0 Å². The Morgan fingerprint density at radius 1 is 1.07 bits per heavy atom. The topological polar surface area (TPSA) is 0 Å². The van der Waals surface area contributed by atoms with Crippen molar-refractivity contribution in [2.75, 3.05) is 0 Å². The van der Waals surface area contributed by atoms with Crippen molar-refractivity contribution in [3.05, 3.63) is 71.5 Å². The van der Waals surface area contributed by atoms with Gasteiger partial charge >= 0.3 is 0 Å². The maximum Gasteiger partial charge on any atom is -0.00775 e. The van der Waals surface area contributed by atoms with E-state index >= 15 is 0 Å². The third-order valence-electron chi connectivity index (χ3n) is 2.28. The normalized spacial score (nSPS) is 14.6. The monoisotopic (exact) mass is 180 g/mol. The molecule has 1 aromatic rings. The number of benzene rings is 1. The number of hydrogen-bond acceptors (Lipinski definition) is 0. The zero-order valence-corrected chi connectivity index (χ0v) is 8.20. The van der Waals surface area contributed by atoms with Crippen LogP contribution >= 0.6 is 0 Å². The van der Waals surface area contributed by atoms with Crippen molar-refractivity contribution in [1.29, 1.82) is 0 Å². The van der Waals surface area contributed by atoms with Gasteiger partial charge in [-0.3, -0.25) is 0 Å². The molecule has 0 aliphatic heterocycles. The summed E-state index contributed by atoms with van der Waals surface area (Å²) in [4.78, 5) is 0. The summed E-state index contributed by atoms with van der Waals surface area (Å²) >= 11 is 0. The first-order valence-electron chi connectivity index (χ1n) is 4.73. The highest BCUT2D eigenvalue weighted by molar-refractivity contribution is 5.78. The van der Waals surface area contributed by atoms with Crippen LogP contribution in [-0.2, 0) is 0 Å². The van der Waals surface area contributed by atoms with E-state index in [1.165, 1.54) is 16.7 Å². The highest BCUT2D eigenvalue weighted by Crippen LogP contribution is 2.21. The second-order valence-corrected chi connectivity index (χ2v) is 3.30. The fourth-order valence-electron chi connectivity index (χ4n) is 1.51. The van der Waals surface area contributed by atoms with Crippen molar-refractivity contribution in [2.45, 2.75) is 6.92 Å². The van der Waals surface area contributed by atoms with Crippen LogP contribution in [0.1, 0.15) is 12.5 Å². The first-order valence-corrected chi connectivity index (χ1v) is 4.73. The summed E-state index contributed by atoms with van der Waals surface area (Å²) in [5.74, 6) is 0. The summed E-state index contributed by atoms with van der Waals surface area (Å²) in [5, 5.41) is 0. The Kier molecular flexibility index (Phi) is 2.48. The van der Waals surface area contributed by atoms with Gasteiger partial charge in [-0.1, -0.05) is 42.5 Å². The minimum absolute atomic E-state index is 1.25. The molecule has 0 unspecified atom stereocenters. The minimum atomic E-state index is 1.25. The highest BCUT2D eigenvalue weighted by Gasteiger charge is 2.00. The third kappa shape index (κ3) is 1.76. The molecule has 68 valence electrons. The molecule has 0 heteroatoms. The molecule has 0 heterocycles. The average Bonchev–Trinajstić information content (AvgIpc) is 2.44. The molecule has 1 aliphatic rings. The molecule has 0 saturated heterocycles. The van der Waals surface area contributed by atoms with Gasteiger partial charge in [0.2, 0.25) is 0 Å². The Bertz CT molecular complexity index is 438. The molecule has 0 N–H and O–H groups in total. The molecule has 0 fully saturated rings. The quantitative estimate of drug-likeness (QED) is 0.577. The molecular formula is C14H12. The minimum Gasteiger partial charge on any atom is -0.120 e. The van der Waals surface area contributed by atoms with Gasteiger partial charge in [0, 0.05) is 0 Å². The van der Waals surface area contributed by atoms with Crippen LogP contribution < -0.4 is 0 Å². The van der Waals surface area contributed by atoms with Gasteiger partial charge < -0.3 is 0 Å². The van der Waals surface area contributed by atoms with Crippen LogP contribution in [0.25, 0.3) is 5.57 Å². The van der Waals surface area contributed by atoms with E-state index in [2.05, 4.69) is 43.0 Å². The lowest BCUT2D eigenvalue weighted by atomic mass is 10.0. The van der Waals surface area contributed by atoms with E-state index in [4.69, 9.17) is 0 Å². The van der Waals surface area contributed by atoms with E-state index in [1.54, 1.807) is 0 Å². The van der Waals surface area contributed by atoms with Crippen molar-refractivity contribution >= 4 is 5.57 Å². The average molecular weight is 180 g/mol. The highest BCUT2D eigenvalue weighted by atomic mass is 14.0. The van der Waals surface area contributed by atoms with Crippen molar-refractivity contribution in [1.82, 2.24) is 0 Å². The van der Waals surface area contributed by atoms with Crippen LogP contribution in [0, 0.1) is 0 Å². The summed E-state index contributed by atoms with van der Waals surface area (Å²) in [6, 6.07) is 10.4. The van der Waals surface area contributed by atoms with E-state index in [0.29, 0.717) is 0 Å². The van der Waals surface area contributed by atoms with E-state index < -0.39 is 0 Å². The fraction of sp³-hybridized carbons (Fsp3) is 0.0714. The lowest BCUT2D eigenvalue weighted by Crippen LogP contribution is -1.82. The molecular weight excluding hydrogens is 168 g/mol. The van der Waals surface area contributed by atoms with Gasteiger partial charge in [0.05, 0.1) is 0 Å². The summed E-state index contributed by atoms with van der Waals surface area (Å²) in [6.07, 6.45) is 8.09. The van der Waals surface area contributed by atoms with Gasteiger partial charge in [0.15, 0.2) is 0 Å². The number of hydrogen-bond donors (Lipinski definition) is 0. The Balaban J connectivity index is 2.53. The SMILES string of the molecule is CC1=C(c2ccccc2)C=C=CC=C1. The maximum atomic E-state index is 3.13. The number of rotatable bonds is 1. The molecule has 0 bridgehead atoms. The van der Waals surface area contributed by atoms with Gasteiger partial charge in [-0.05, 0) is 35.8 Å². The van der Waals surface area contributed by atoms with Crippen LogP contribution in [0.4, 0.5) is 0 Å². The van der Waals surface area contributed by atoms with Gasteiger partial charge in [0.25, 0.3) is 0 Å². The lowest BCUT2D eigenvalue weighted by Gasteiger charge is -2.03. The van der Waals surface area contributed by atoms with Crippen molar-refractivity contribution in [3.8, 4) is 0 Å². The lowest BCUT2D eigenvalue weighted by molar-refractivity contribution is 1.51. The van der Waals surface area contributed by atoms with Gasteiger partial charge in [-0.15, -0.1) is 5.73 Å². The van der Waals surface area contributed by atoms with Crippen LogP contribution in [0.5, 0.6) is 0 Å². The van der Waals surface area contributed by atoms with Crippen molar-refractivity contribution < 1.29 is 0 Å². The van der Waals surface area contributed by atoms with Crippen LogP contribution in [0.15, 0.2) is 65.9 Å². The smallest absolute Gasteiger partial charge is 0.00775 e. The predicted molar refractivity (Wildman–Crippen MR) is 60.8 cm³/mol. The van der Waals surface area contributed by atoms with E-state index in [1.807, 2.05) is 24.3 Å². The van der Waals surface area contributed by atoms with E-state index in [0.717, 1.165) is 0 Å². The van der Waals surface area contributed by atoms with Gasteiger partial charge in [-0.2, -0.15) is 0 Å². The molecule has 1 aliphatic carbocycles. The largest absolute Gasteiger partial charge is 0.120 e. The first-order chi connectivity index (χ1) is 6.88. The summed E-state index contributed by atoms with van der Waals surface area (Å²) < 4.78 is 0. The zero-order valence-electron chi connectivity index (χ0n) is 8.20. The third-order valence-corrected chi connectivity index (χ3v) is 2.28. The molecule has 2 rings (SSSR count). The maximum absolute atomic E-state index is 3.13. The molecule has 1 aromatic carbocycles. The summed E-state index contributed by atoms with van der Waals surface area (Å²) in [7, 11) is 0. The summed E-state index contributed by atoms with van der Waals surface area (Å²) in [5.41, 5.74) is 6.90. The second-order valence-electron chi connectivity index (χ2n) is 3.30. The number of allylic oxidation sites excluding steroid dienone is 5. The molecule has 0 amide bonds. The van der Waals surface area contributed by atoms with Gasteiger partial charge in [0.1, 0.15) is 0 Å². The predicted octanol–water partition coefficient (Wildman–Crippen LogP) is 3.74. The molecule has 0 nitrogen and oxygen atoms in total. The molecule has 0 atom stereocenters. The molecule has 0 aromatic heterocycles. The van der Waals surface area contributed by atoms with Gasteiger partial charge in [-0.25, -0.2) is 0 Å². The molecule has 0 spiro atoms. The standard InChI is InChI=1S/C14H12/c1-12-8-4-2-7-11-14(12)13-9-5-3-6-10-13/h2-6,8-11H,1H3. The van der Waals surface area contributed by atoms with Crippen molar-refractivity contribution in [3.63, 3.8) is 0 Å². The van der Waals surface area contributed by atoms with Crippen LogP contribution in [-0.4, -0.2) is 0 Å². The Morgan fingerprint density at radius 3 is 2.64 bits per heavy atom. The fourth-order valence-corrected chi connectivity index (χ4v) is 1.51. The van der Waals surface area contributed by atoms with E-state index in [-0.39, 0.29) is 0 Å². The molecule has 0 radical (unpaired) electrons. The Hall–Kier alpha value is -1.78. The van der Waals surface area contributed by atoms with Crippen LogP contribution in [0.3, 0.4) is 0 Å². The summed E-state index contributed by atoms with van der Waals surface area (Å²) in [6.45, 7) is 2.12. The first kappa shape index (κ1) is 8.80. The zero-order chi connectivity index (χ0) is 9.80. The van der Waals surface area contributed by atoms with Crippen LogP contribution in [0.2, 0.25) is 0 Å². The Labute approximate surface area is 84.6 Å². The second kappa shape index (κ2) is 3.95.